The Balaban J connectivity index is 0.991. The van der Waals surface area contributed by atoms with Crippen molar-refractivity contribution >= 4 is 44.2 Å². The molecule has 0 bridgehead atoms. The fraction of sp³-hybridized carbons (Fsp3) is 0.513. The average Bonchev–Trinajstić information content (AvgIpc) is 3.65. The zero-order valence-electron chi connectivity index (χ0n) is 31.0. The molecule has 15 nitrogen and oxygen atoms in total. The molecule has 1 amide bonds. The molecule has 3 aliphatic heterocycles. The van der Waals surface area contributed by atoms with Gasteiger partial charge in [-0.15, -0.1) is 0 Å². The third-order valence-corrected chi connectivity index (χ3v) is 13.4. The van der Waals surface area contributed by atoms with E-state index in [-0.39, 0.29) is 17.1 Å². The summed E-state index contributed by atoms with van der Waals surface area (Å²) in [7, 11) is -4.57. The first kappa shape index (κ1) is 37.1. The number of piperidine rings is 1. The summed E-state index contributed by atoms with van der Waals surface area (Å²) in [4.78, 5) is 41.1. The van der Waals surface area contributed by atoms with Crippen LogP contribution in [0.4, 0.5) is 17.2 Å². The molecule has 1 spiro atoms. The number of hydrogen-bond donors (Lipinski definition) is 3. The Bertz CT molecular complexity index is 2150. The van der Waals surface area contributed by atoms with E-state index in [9.17, 15) is 23.3 Å². The summed E-state index contributed by atoms with van der Waals surface area (Å²) in [5, 5.41) is 15.9. The molecule has 16 heteroatoms. The van der Waals surface area contributed by atoms with Crippen LogP contribution in [-0.4, -0.2) is 91.1 Å². The number of carbonyl (C=O) groups excluding carboxylic acids is 1. The molecule has 4 fully saturated rings. The number of pyridine rings is 2. The quantitative estimate of drug-likeness (QED) is 0.118. The largest absolute Gasteiger partial charge is 0.455 e. The van der Waals surface area contributed by atoms with Crippen molar-refractivity contribution in [1.29, 1.82) is 0 Å². The van der Waals surface area contributed by atoms with Crippen molar-refractivity contribution < 1.29 is 27.6 Å². The van der Waals surface area contributed by atoms with Crippen LogP contribution < -0.4 is 19.7 Å². The van der Waals surface area contributed by atoms with E-state index in [1.807, 2.05) is 6.07 Å². The Morgan fingerprint density at radius 1 is 1.04 bits per heavy atom. The molecule has 1 saturated carbocycles. The van der Waals surface area contributed by atoms with Crippen LogP contribution in [0.25, 0.3) is 11.0 Å². The number of fused-ring (bicyclic) bond motifs is 1. The van der Waals surface area contributed by atoms with Gasteiger partial charge in [0.05, 0.1) is 22.9 Å². The lowest BCUT2D eigenvalue weighted by Crippen LogP contribution is -2.63. The van der Waals surface area contributed by atoms with E-state index in [1.165, 1.54) is 6.20 Å². The van der Waals surface area contributed by atoms with Gasteiger partial charge in [-0.1, -0.05) is 19.8 Å². The molecule has 1 aliphatic carbocycles. The van der Waals surface area contributed by atoms with E-state index >= 15 is 0 Å². The van der Waals surface area contributed by atoms with Gasteiger partial charge in [0.25, 0.3) is 15.9 Å². The van der Waals surface area contributed by atoms with Gasteiger partial charge in [-0.05, 0) is 80.0 Å². The number of anilines is 2. The van der Waals surface area contributed by atoms with E-state index < -0.39 is 31.4 Å². The SMILES string of the molecule is C[C@H]1CC[C@@H](CNc2ncc(S(=O)(=O)NC(=O)c3ccc(N4CCC5(CC4)CN(C4CCOCC4)C5)cc3Oc3cnc4[nH]ccc4c3)cc2[N+](=O)[O-])CC1. The summed E-state index contributed by atoms with van der Waals surface area (Å²) in [6, 6.07) is 10.3. The number of aromatic amines is 1. The highest BCUT2D eigenvalue weighted by Crippen LogP contribution is 2.44. The number of likely N-dealkylation sites (tertiary alicyclic amines) is 1. The predicted octanol–water partition coefficient (Wildman–Crippen LogP) is 6.10. The van der Waals surface area contributed by atoms with Crippen molar-refractivity contribution in [1.82, 2.24) is 24.6 Å². The number of nitrogens with one attached hydrogen (secondary N) is 3. The van der Waals surface area contributed by atoms with Gasteiger partial charge >= 0.3 is 5.69 Å². The van der Waals surface area contributed by atoms with Gasteiger partial charge in [-0.25, -0.2) is 23.1 Å². The zero-order chi connectivity index (χ0) is 38.2. The number of nitrogens with zero attached hydrogens (tertiary/aromatic N) is 5. The van der Waals surface area contributed by atoms with Crippen molar-refractivity contribution in [2.45, 2.75) is 69.2 Å². The minimum atomic E-state index is -4.57. The second kappa shape index (κ2) is 15.4. The van der Waals surface area contributed by atoms with E-state index in [1.54, 1.807) is 30.5 Å². The normalized spacial score (nSPS) is 21.9. The molecule has 8 rings (SSSR count). The van der Waals surface area contributed by atoms with Crippen molar-refractivity contribution in [3.05, 3.63) is 70.7 Å². The number of hydrogen-bond acceptors (Lipinski definition) is 12. The van der Waals surface area contributed by atoms with Crippen LogP contribution in [0.5, 0.6) is 11.5 Å². The molecule has 55 heavy (non-hydrogen) atoms. The van der Waals surface area contributed by atoms with Crippen molar-refractivity contribution in [2.75, 3.05) is 56.2 Å². The number of nitro groups is 1. The number of benzene rings is 1. The molecular weight excluding hydrogens is 725 g/mol. The third kappa shape index (κ3) is 8.12. The van der Waals surface area contributed by atoms with Crippen LogP contribution in [0.1, 0.15) is 68.6 Å². The topological polar surface area (TPSA) is 185 Å². The van der Waals surface area contributed by atoms with Gasteiger partial charge in [0.2, 0.25) is 5.82 Å². The summed E-state index contributed by atoms with van der Waals surface area (Å²) in [5.74, 6) is 0.578. The van der Waals surface area contributed by atoms with Crippen LogP contribution in [0.3, 0.4) is 0 Å². The van der Waals surface area contributed by atoms with Gasteiger partial charge in [-0.3, -0.25) is 19.8 Å². The molecule has 0 atom stereocenters. The second-order valence-electron chi connectivity index (χ2n) is 15.8. The number of rotatable bonds is 11. The number of sulfonamides is 1. The molecular formula is C39H48N8O7S. The predicted molar refractivity (Wildman–Crippen MR) is 207 cm³/mol. The number of H-pyrrole nitrogens is 1. The van der Waals surface area contributed by atoms with Crippen molar-refractivity contribution in [3.63, 3.8) is 0 Å². The molecule has 6 heterocycles. The Labute approximate surface area is 320 Å². The van der Waals surface area contributed by atoms with Gasteiger partial charge in [0.1, 0.15) is 22.0 Å². The molecule has 4 aromatic rings. The Kier molecular flexibility index (Phi) is 10.4. The van der Waals surface area contributed by atoms with Crippen molar-refractivity contribution in [2.24, 2.45) is 17.3 Å². The number of aromatic nitrogens is 3. The molecule has 292 valence electrons. The Morgan fingerprint density at radius 2 is 1.80 bits per heavy atom. The standard InChI is InChI=1S/C39H48N8O7S/c1-26-2-4-27(5-3-26)21-41-37-34(47(49)50)20-32(23-43-37)55(51,52)44-38(48)33-7-6-30(19-35(33)54-31-18-28-8-13-40-36(28)42-22-31)45-14-11-39(12-15-45)24-46(25-39)29-9-16-53-17-10-29/h6-8,13,18-20,22-23,26-27,29H,2-5,9-12,14-17,21,24-25H2,1H3,(H,40,42)(H,41,43)(H,44,48)/t26-,27+. The van der Waals surface area contributed by atoms with Gasteiger partial charge in [-0.2, -0.15) is 0 Å². The van der Waals surface area contributed by atoms with Crippen LogP contribution in [0.2, 0.25) is 0 Å². The molecule has 3 N–H and O–H groups in total. The number of amides is 1. The maximum atomic E-state index is 13.8. The molecule has 3 saturated heterocycles. The van der Waals surface area contributed by atoms with Crippen LogP contribution in [0, 0.1) is 27.4 Å². The van der Waals surface area contributed by atoms with Gasteiger partial charge in [0.15, 0.2) is 0 Å². The average molecular weight is 773 g/mol. The minimum absolute atomic E-state index is 0.00855. The maximum absolute atomic E-state index is 13.8. The molecule has 0 radical (unpaired) electrons. The van der Waals surface area contributed by atoms with Gasteiger partial charge < -0.3 is 24.7 Å². The first-order valence-corrected chi connectivity index (χ1v) is 20.8. The summed E-state index contributed by atoms with van der Waals surface area (Å²) in [5.41, 5.74) is 1.33. The van der Waals surface area contributed by atoms with Gasteiger partial charge in [0, 0.05) is 81.4 Å². The highest BCUT2D eigenvalue weighted by molar-refractivity contribution is 7.90. The smallest absolute Gasteiger partial charge is 0.312 e. The highest BCUT2D eigenvalue weighted by Gasteiger charge is 2.47. The lowest BCUT2D eigenvalue weighted by atomic mass is 9.71. The Hall–Kier alpha value is -4.80. The maximum Gasteiger partial charge on any atom is 0.312 e. The van der Waals surface area contributed by atoms with Crippen molar-refractivity contribution in [3.8, 4) is 11.5 Å². The fourth-order valence-corrected chi connectivity index (χ4v) is 9.56. The highest BCUT2D eigenvalue weighted by atomic mass is 32.2. The number of ether oxygens (including phenoxy) is 2. The molecule has 3 aromatic heterocycles. The summed E-state index contributed by atoms with van der Waals surface area (Å²) < 4.78 is 41.1. The summed E-state index contributed by atoms with van der Waals surface area (Å²) in [6.07, 6.45) is 12.8. The Morgan fingerprint density at radius 3 is 2.55 bits per heavy atom. The second-order valence-corrected chi connectivity index (χ2v) is 17.5. The van der Waals surface area contributed by atoms with Crippen LogP contribution >= 0.6 is 0 Å². The summed E-state index contributed by atoms with van der Waals surface area (Å²) >= 11 is 0. The van der Waals surface area contributed by atoms with E-state index in [4.69, 9.17) is 9.47 Å². The summed E-state index contributed by atoms with van der Waals surface area (Å²) in [6.45, 7) is 8.31. The zero-order valence-corrected chi connectivity index (χ0v) is 31.9. The van der Waals surface area contributed by atoms with E-state index in [0.29, 0.717) is 41.2 Å². The third-order valence-electron chi connectivity index (χ3n) is 12.1. The van der Waals surface area contributed by atoms with E-state index in [2.05, 4.69) is 41.7 Å². The molecule has 1 aromatic carbocycles. The first-order chi connectivity index (χ1) is 26.5. The fourth-order valence-electron chi connectivity index (χ4n) is 8.63. The van der Waals surface area contributed by atoms with Crippen LogP contribution in [-0.2, 0) is 14.8 Å². The molecule has 0 unspecified atom stereocenters. The lowest BCUT2D eigenvalue weighted by Gasteiger charge is -2.57. The van der Waals surface area contributed by atoms with Crippen LogP contribution in [0.15, 0.2) is 59.9 Å². The van der Waals surface area contributed by atoms with E-state index in [0.717, 1.165) is 114 Å². The lowest BCUT2D eigenvalue weighted by molar-refractivity contribution is -0.384. The first-order valence-electron chi connectivity index (χ1n) is 19.3. The number of carbonyl (C=O) groups is 1. The monoisotopic (exact) mass is 772 g/mol. The molecule has 4 aliphatic rings. The minimum Gasteiger partial charge on any atom is -0.455 e.